The Morgan fingerprint density at radius 2 is 2.03 bits per heavy atom. The molecular formula is C23H30FN7O5. The Kier molecular flexibility index (Phi) is 10.9. The Labute approximate surface area is 208 Å². The third-order valence-electron chi connectivity index (χ3n) is 5.09. The maximum absolute atomic E-state index is 13.7. The van der Waals surface area contributed by atoms with Crippen molar-refractivity contribution in [2.75, 3.05) is 69.4 Å². The number of aromatic nitrogens is 2. The Morgan fingerprint density at radius 1 is 1.22 bits per heavy atom. The summed E-state index contributed by atoms with van der Waals surface area (Å²) in [5.41, 5.74) is 2.08. The minimum atomic E-state index is -0.358. The maximum atomic E-state index is 13.7. The second-order valence-electron chi connectivity index (χ2n) is 7.74. The predicted octanol–water partition coefficient (Wildman–Crippen LogP) is 2.14. The van der Waals surface area contributed by atoms with Crippen molar-refractivity contribution in [2.45, 2.75) is 18.9 Å². The molecule has 1 aliphatic rings. The lowest BCUT2D eigenvalue weighted by atomic mass is 10.1. The van der Waals surface area contributed by atoms with Crippen molar-refractivity contribution < 1.29 is 28.2 Å². The molecule has 1 saturated heterocycles. The largest absolute Gasteiger partial charge is 0.487 e. The Hall–Kier alpha value is -3.73. The van der Waals surface area contributed by atoms with Gasteiger partial charge in [-0.15, -0.1) is 4.48 Å². The number of esters is 1. The minimum absolute atomic E-state index is 0.0473. The number of carbonyl (C=O) groups is 1. The zero-order chi connectivity index (χ0) is 25.6. The summed E-state index contributed by atoms with van der Waals surface area (Å²) in [6.07, 6.45) is 2.99. The van der Waals surface area contributed by atoms with Gasteiger partial charge in [0.1, 0.15) is 30.8 Å². The van der Waals surface area contributed by atoms with Crippen LogP contribution in [0.1, 0.15) is 18.4 Å². The zero-order valence-electron chi connectivity index (χ0n) is 20.0. The molecule has 3 heterocycles. The molecule has 1 aliphatic heterocycles. The van der Waals surface area contributed by atoms with Crippen molar-refractivity contribution in [3.63, 3.8) is 0 Å². The number of halogens is 1. The van der Waals surface area contributed by atoms with E-state index in [1.54, 1.807) is 24.7 Å². The highest BCUT2D eigenvalue weighted by Gasteiger charge is 2.19. The lowest BCUT2D eigenvalue weighted by Crippen LogP contribution is -2.28. The fourth-order valence-corrected chi connectivity index (χ4v) is 3.29. The van der Waals surface area contributed by atoms with E-state index < -0.39 is 0 Å². The topological polar surface area (TPSA) is 152 Å². The van der Waals surface area contributed by atoms with Crippen LogP contribution in [0.4, 0.5) is 27.6 Å². The second kappa shape index (κ2) is 14.6. The monoisotopic (exact) mass is 503 g/mol. The van der Waals surface area contributed by atoms with Gasteiger partial charge in [-0.1, -0.05) is 0 Å². The maximum Gasteiger partial charge on any atom is 0.319 e. The highest BCUT2D eigenvalue weighted by molar-refractivity contribution is 5.74. The van der Waals surface area contributed by atoms with Crippen molar-refractivity contribution in [2.24, 2.45) is 0 Å². The molecule has 0 amide bonds. The van der Waals surface area contributed by atoms with Crippen LogP contribution in [0.2, 0.25) is 0 Å². The van der Waals surface area contributed by atoms with Crippen molar-refractivity contribution in [3.8, 4) is 11.8 Å². The molecule has 36 heavy (non-hydrogen) atoms. The van der Waals surface area contributed by atoms with Crippen molar-refractivity contribution >= 4 is 29.1 Å². The molecule has 0 aliphatic carbocycles. The number of rotatable bonds is 14. The van der Waals surface area contributed by atoms with Crippen LogP contribution >= 0.6 is 0 Å². The quantitative estimate of drug-likeness (QED) is 0.170. The van der Waals surface area contributed by atoms with Gasteiger partial charge in [0.2, 0.25) is 0 Å². The molecule has 194 valence electrons. The molecule has 0 radical (unpaired) electrons. The van der Waals surface area contributed by atoms with Gasteiger partial charge in [0.15, 0.2) is 17.4 Å². The van der Waals surface area contributed by atoms with Crippen LogP contribution in [0.3, 0.4) is 0 Å². The van der Waals surface area contributed by atoms with Gasteiger partial charge in [-0.05, 0) is 32.0 Å². The molecule has 13 heteroatoms. The van der Waals surface area contributed by atoms with Crippen LogP contribution in [0.5, 0.6) is 5.75 Å². The fraction of sp³-hybridized carbons (Fsp3) is 0.478. The molecular weight excluding hydrogens is 473 g/mol. The smallest absolute Gasteiger partial charge is 0.319 e. The van der Waals surface area contributed by atoms with E-state index in [1.165, 1.54) is 12.3 Å². The molecule has 0 unspecified atom stereocenters. The van der Waals surface area contributed by atoms with Gasteiger partial charge in [-0.3, -0.25) is 4.79 Å². The van der Waals surface area contributed by atoms with Gasteiger partial charge >= 0.3 is 5.97 Å². The van der Waals surface area contributed by atoms with Crippen LogP contribution in [0.25, 0.3) is 0 Å². The number of carbonyl (C=O) groups excluding carboxylic acids is 1. The highest BCUT2D eigenvalue weighted by atomic mass is 19.2. The van der Waals surface area contributed by atoms with Crippen LogP contribution in [-0.4, -0.2) is 75.2 Å². The first-order valence-corrected chi connectivity index (χ1v) is 11.5. The number of anilines is 4. The highest BCUT2D eigenvalue weighted by Crippen LogP contribution is 2.34. The second-order valence-corrected chi connectivity index (χ2v) is 7.74. The number of hydrogen-bond donors (Lipinski definition) is 4. The molecule has 0 atom stereocenters. The van der Waals surface area contributed by atoms with Crippen molar-refractivity contribution in [1.82, 2.24) is 15.3 Å². The molecule has 1 fully saturated rings. The summed E-state index contributed by atoms with van der Waals surface area (Å²) in [6, 6.07) is 6.80. The standard InChI is InChI=1S/C23H30FN7O5/c1-26-15-21(32)36-11-9-34-8-10-35-19-12-18(31-24)22(29-20-3-2-16(13-25)14-27-20)30-23(19)28-17-4-6-33-7-5-17/h2-3,12,14,17,26,31H,4-11,15H2,1H3,(H2,27,28,29,30). The fourth-order valence-electron chi connectivity index (χ4n) is 3.29. The Balaban J connectivity index is 1.65. The SMILES string of the molecule is CNCC(=O)OCCOCCOc1cc(NF)c(Nc2ccc(C#N)cn2)nc1NC1CCOCC1. The van der Waals surface area contributed by atoms with Gasteiger partial charge in [0, 0.05) is 31.5 Å². The number of nitrogens with zero attached hydrogens (tertiary/aromatic N) is 3. The van der Waals surface area contributed by atoms with Crippen LogP contribution in [0.15, 0.2) is 24.4 Å². The van der Waals surface area contributed by atoms with E-state index >= 15 is 0 Å². The normalized spacial score (nSPS) is 13.5. The lowest BCUT2D eigenvalue weighted by molar-refractivity contribution is -0.144. The Morgan fingerprint density at radius 3 is 2.72 bits per heavy atom. The number of hydrogen-bond acceptors (Lipinski definition) is 12. The average Bonchev–Trinajstić information content (AvgIpc) is 2.90. The van der Waals surface area contributed by atoms with Gasteiger partial charge in [0.25, 0.3) is 0 Å². The zero-order valence-corrected chi connectivity index (χ0v) is 20.0. The minimum Gasteiger partial charge on any atom is -0.487 e. The summed E-state index contributed by atoms with van der Waals surface area (Å²) in [5.74, 6) is 0.995. The number of nitrogens with one attached hydrogen (secondary N) is 4. The predicted molar refractivity (Wildman–Crippen MR) is 130 cm³/mol. The summed E-state index contributed by atoms with van der Waals surface area (Å²) in [5, 5.41) is 18.0. The average molecular weight is 504 g/mol. The molecule has 12 nitrogen and oxygen atoms in total. The molecule has 0 aromatic carbocycles. The van der Waals surface area contributed by atoms with E-state index in [9.17, 15) is 9.28 Å². The summed E-state index contributed by atoms with van der Waals surface area (Å²) < 4.78 is 35.3. The van der Waals surface area contributed by atoms with E-state index in [1.807, 2.05) is 6.07 Å². The number of likely N-dealkylation sites (N-methyl/N-ethyl adjacent to an activating group) is 1. The van der Waals surface area contributed by atoms with E-state index in [0.29, 0.717) is 36.2 Å². The summed E-state index contributed by atoms with van der Waals surface area (Å²) >= 11 is 0. The van der Waals surface area contributed by atoms with E-state index in [4.69, 9.17) is 24.2 Å². The van der Waals surface area contributed by atoms with Crippen LogP contribution < -0.4 is 26.2 Å². The third kappa shape index (κ3) is 8.49. The van der Waals surface area contributed by atoms with E-state index in [-0.39, 0.29) is 56.5 Å². The first kappa shape index (κ1) is 26.9. The molecule has 0 bridgehead atoms. The van der Waals surface area contributed by atoms with E-state index in [0.717, 1.165) is 12.8 Å². The van der Waals surface area contributed by atoms with E-state index in [2.05, 4.69) is 25.9 Å². The first-order valence-electron chi connectivity index (χ1n) is 11.5. The van der Waals surface area contributed by atoms with Crippen molar-refractivity contribution in [3.05, 3.63) is 30.0 Å². The third-order valence-corrected chi connectivity index (χ3v) is 5.09. The van der Waals surface area contributed by atoms with Gasteiger partial charge in [-0.2, -0.15) is 5.26 Å². The molecule has 2 aromatic heterocycles. The number of nitriles is 1. The lowest BCUT2D eigenvalue weighted by Gasteiger charge is -2.25. The Bertz CT molecular complexity index is 1010. The summed E-state index contributed by atoms with van der Waals surface area (Å²) in [7, 11) is 1.66. The molecule has 4 N–H and O–H groups in total. The first-order chi connectivity index (χ1) is 17.6. The summed E-state index contributed by atoms with van der Waals surface area (Å²) in [6.45, 7) is 2.16. The van der Waals surface area contributed by atoms with Gasteiger partial charge in [-0.25, -0.2) is 15.5 Å². The van der Waals surface area contributed by atoms with Gasteiger partial charge in [0.05, 0.1) is 25.3 Å². The number of pyridine rings is 2. The van der Waals surface area contributed by atoms with Crippen molar-refractivity contribution in [1.29, 1.82) is 5.26 Å². The van der Waals surface area contributed by atoms with Crippen LogP contribution in [0, 0.1) is 11.3 Å². The summed E-state index contributed by atoms with van der Waals surface area (Å²) in [4.78, 5) is 20.0. The van der Waals surface area contributed by atoms with Crippen LogP contribution in [-0.2, 0) is 19.0 Å². The molecule has 3 rings (SSSR count). The van der Waals surface area contributed by atoms with Gasteiger partial charge < -0.3 is 34.9 Å². The molecule has 0 spiro atoms. The molecule has 0 saturated carbocycles. The number of ether oxygens (including phenoxy) is 4. The molecule has 2 aromatic rings.